The van der Waals surface area contributed by atoms with Crippen LogP contribution < -0.4 is 10.5 Å². The first-order valence-electron chi connectivity index (χ1n) is 5.37. The summed E-state index contributed by atoms with van der Waals surface area (Å²) in [4.78, 5) is 3.51. The highest BCUT2D eigenvalue weighted by atomic mass is 35.5. The molecule has 0 radical (unpaired) electrons. The van der Waals surface area contributed by atoms with Gasteiger partial charge < -0.3 is 5.73 Å². The van der Waals surface area contributed by atoms with Gasteiger partial charge in [-0.05, 0) is 30.3 Å². The van der Waals surface area contributed by atoms with Crippen molar-refractivity contribution in [3.05, 3.63) is 47.2 Å². The van der Waals surface area contributed by atoms with E-state index in [0.717, 1.165) is 0 Å². The number of benzene rings is 1. The number of hydrogen-bond donors (Lipinski definition) is 2. The van der Waals surface area contributed by atoms with Crippen molar-refractivity contribution < 1.29 is 8.42 Å². The standard InChI is InChI=1S/C12H9ClN4O2S/c13-9-4-3-8(6-10(9)15)17-20(18,19)12-2-1-5-16-11(12)7-14/h1-6,17H,15H2. The Balaban J connectivity index is 2.41. The molecular formula is C12H9ClN4O2S. The maximum Gasteiger partial charge on any atom is 0.264 e. The van der Waals surface area contributed by atoms with Crippen LogP contribution in [0.5, 0.6) is 0 Å². The number of hydrogen-bond acceptors (Lipinski definition) is 5. The molecule has 0 fully saturated rings. The number of pyridine rings is 1. The molecule has 3 N–H and O–H groups in total. The minimum Gasteiger partial charge on any atom is -0.397 e. The molecule has 0 saturated carbocycles. The van der Waals surface area contributed by atoms with Crippen molar-refractivity contribution >= 4 is 33.0 Å². The van der Waals surface area contributed by atoms with Crippen LogP contribution >= 0.6 is 11.6 Å². The SMILES string of the molecule is N#Cc1ncccc1S(=O)(=O)Nc1ccc(Cl)c(N)c1. The summed E-state index contributed by atoms with van der Waals surface area (Å²) in [5.74, 6) is 0. The number of rotatable bonds is 3. The summed E-state index contributed by atoms with van der Waals surface area (Å²) in [6.45, 7) is 0. The van der Waals surface area contributed by atoms with Gasteiger partial charge in [0.1, 0.15) is 11.0 Å². The van der Waals surface area contributed by atoms with Crippen LogP contribution in [-0.4, -0.2) is 13.4 Å². The van der Waals surface area contributed by atoms with E-state index in [4.69, 9.17) is 22.6 Å². The number of nitriles is 1. The van der Waals surface area contributed by atoms with E-state index in [-0.39, 0.29) is 22.0 Å². The minimum absolute atomic E-state index is 0.179. The van der Waals surface area contributed by atoms with Crippen LogP contribution in [0.15, 0.2) is 41.4 Å². The van der Waals surface area contributed by atoms with E-state index in [2.05, 4.69) is 9.71 Å². The van der Waals surface area contributed by atoms with Crippen LogP contribution in [0.2, 0.25) is 5.02 Å². The molecule has 0 aliphatic rings. The second-order valence-corrected chi connectivity index (χ2v) is 5.86. The van der Waals surface area contributed by atoms with Crippen LogP contribution in [0.4, 0.5) is 11.4 Å². The molecule has 2 rings (SSSR count). The molecule has 0 unspecified atom stereocenters. The van der Waals surface area contributed by atoms with E-state index in [1.54, 1.807) is 6.07 Å². The molecule has 0 amide bonds. The minimum atomic E-state index is -3.92. The van der Waals surface area contributed by atoms with Crippen molar-refractivity contribution in [3.63, 3.8) is 0 Å². The summed E-state index contributed by atoms with van der Waals surface area (Å²) in [6.07, 6.45) is 1.35. The van der Waals surface area contributed by atoms with Gasteiger partial charge in [-0.15, -0.1) is 0 Å². The quantitative estimate of drug-likeness (QED) is 0.843. The predicted octanol–water partition coefficient (Wildman–Crippen LogP) is 1.99. The lowest BCUT2D eigenvalue weighted by atomic mass is 10.3. The van der Waals surface area contributed by atoms with E-state index in [1.807, 2.05) is 0 Å². The molecule has 0 spiro atoms. The largest absolute Gasteiger partial charge is 0.397 e. The molecule has 102 valence electrons. The Bertz CT molecular complexity index is 799. The maximum absolute atomic E-state index is 12.2. The van der Waals surface area contributed by atoms with Gasteiger partial charge in [0.05, 0.1) is 16.4 Å². The van der Waals surface area contributed by atoms with Crippen molar-refractivity contribution in [1.29, 1.82) is 5.26 Å². The lowest BCUT2D eigenvalue weighted by Crippen LogP contribution is -2.15. The molecule has 0 bridgehead atoms. The third-order valence-electron chi connectivity index (χ3n) is 2.41. The zero-order valence-electron chi connectivity index (χ0n) is 10.0. The fourth-order valence-corrected chi connectivity index (χ4v) is 2.78. The lowest BCUT2D eigenvalue weighted by Gasteiger charge is -2.09. The van der Waals surface area contributed by atoms with E-state index in [1.165, 1.54) is 36.5 Å². The topological polar surface area (TPSA) is 109 Å². The Morgan fingerprint density at radius 3 is 2.75 bits per heavy atom. The molecular weight excluding hydrogens is 300 g/mol. The Hall–Kier alpha value is -2.30. The van der Waals surface area contributed by atoms with Crippen molar-refractivity contribution in [2.75, 3.05) is 10.5 Å². The number of anilines is 2. The Morgan fingerprint density at radius 2 is 2.10 bits per heavy atom. The average Bonchev–Trinajstić information content (AvgIpc) is 2.42. The van der Waals surface area contributed by atoms with E-state index >= 15 is 0 Å². The van der Waals surface area contributed by atoms with E-state index in [9.17, 15) is 8.42 Å². The average molecular weight is 309 g/mol. The summed E-state index contributed by atoms with van der Waals surface area (Å²) >= 11 is 5.76. The van der Waals surface area contributed by atoms with Crippen molar-refractivity contribution in [1.82, 2.24) is 4.98 Å². The third kappa shape index (κ3) is 2.82. The predicted molar refractivity (Wildman–Crippen MR) is 75.6 cm³/mol. The lowest BCUT2D eigenvalue weighted by molar-refractivity contribution is 0.600. The summed E-state index contributed by atoms with van der Waals surface area (Å²) in [5.41, 5.74) is 5.92. The van der Waals surface area contributed by atoms with Gasteiger partial charge in [-0.25, -0.2) is 13.4 Å². The third-order valence-corrected chi connectivity index (χ3v) is 4.17. The van der Waals surface area contributed by atoms with Crippen LogP contribution in [-0.2, 0) is 10.0 Å². The van der Waals surface area contributed by atoms with E-state index < -0.39 is 10.0 Å². The number of halogens is 1. The van der Waals surface area contributed by atoms with Crippen LogP contribution in [0, 0.1) is 11.3 Å². The highest BCUT2D eigenvalue weighted by Crippen LogP contribution is 2.24. The zero-order valence-corrected chi connectivity index (χ0v) is 11.6. The molecule has 1 heterocycles. The fourth-order valence-electron chi connectivity index (χ4n) is 1.51. The van der Waals surface area contributed by atoms with Gasteiger partial charge in [0.15, 0.2) is 5.69 Å². The molecule has 1 aromatic carbocycles. The number of nitrogens with one attached hydrogen (secondary N) is 1. The highest BCUT2D eigenvalue weighted by Gasteiger charge is 2.19. The summed E-state index contributed by atoms with van der Waals surface area (Å²) in [6, 6.07) is 8.80. The summed E-state index contributed by atoms with van der Waals surface area (Å²) in [7, 11) is -3.92. The van der Waals surface area contributed by atoms with Crippen molar-refractivity contribution in [3.8, 4) is 6.07 Å². The Morgan fingerprint density at radius 1 is 1.35 bits per heavy atom. The molecule has 20 heavy (non-hydrogen) atoms. The first-order valence-corrected chi connectivity index (χ1v) is 7.23. The fraction of sp³-hybridized carbons (Fsp3) is 0. The number of sulfonamides is 1. The van der Waals surface area contributed by atoms with Crippen molar-refractivity contribution in [2.45, 2.75) is 4.90 Å². The number of nitrogens with zero attached hydrogens (tertiary/aromatic N) is 2. The molecule has 6 nitrogen and oxygen atoms in total. The first kappa shape index (κ1) is 14.1. The summed E-state index contributed by atoms with van der Waals surface area (Å²) in [5, 5.41) is 9.21. The smallest absolute Gasteiger partial charge is 0.264 e. The number of nitrogens with two attached hydrogens (primary N) is 1. The highest BCUT2D eigenvalue weighted by molar-refractivity contribution is 7.92. The summed E-state index contributed by atoms with van der Waals surface area (Å²) < 4.78 is 26.7. The van der Waals surface area contributed by atoms with Crippen LogP contribution in [0.1, 0.15) is 5.69 Å². The van der Waals surface area contributed by atoms with Crippen molar-refractivity contribution in [2.24, 2.45) is 0 Å². The first-order chi connectivity index (χ1) is 9.44. The Labute approximate surface area is 120 Å². The van der Waals surface area contributed by atoms with Gasteiger partial charge in [0.25, 0.3) is 10.0 Å². The van der Waals surface area contributed by atoms with Gasteiger partial charge in [-0.2, -0.15) is 5.26 Å². The van der Waals surface area contributed by atoms with Gasteiger partial charge in [-0.1, -0.05) is 11.6 Å². The second kappa shape index (κ2) is 5.36. The molecule has 0 saturated heterocycles. The normalized spacial score (nSPS) is 10.8. The molecule has 1 aromatic heterocycles. The van der Waals surface area contributed by atoms with Gasteiger partial charge >= 0.3 is 0 Å². The van der Waals surface area contributed by atoms with Crippen LogP contribution in [0.3, 0.4) is 0 Å². The Kier molecular flexibility index (Phi) is 3.79. The van der Waals surface area contributed by atoms with Crippen LogP contribution in [0.25, 0.3) is 0 Å². The molecule has 0 atom stereocenters. The maximum atomic E-state index is 12.2. The monoisotopic (exact) mass is 308 g/mol. The molecule has 2 aromatic rings. The van der Waals surface area contributed by atoms with Gasteiger partial charge in [0, 0.05) is 6.20 Å². The second-order valence-electron chi connectivity index (χ2n) is 3.80. The van der Waals surface area contributed by atoms with E-state index in [0.29, 0.717) is 5.02 Å². The molecule has 0 aliphatic carbocycles. The molecule has 0 aliphatic heterocycles. The zero-order chi connectivity index (χ0) is 14.8. The number of aromatic nitrogens is 1. The number of nitrogen functional groups attached to an aromatic ring is 1. The van der Waals surface area contributed by atoms with Gasteiger partial charge in [0.2, 0.25) is 0 Å². The van der Waals surface area contributed by atoms with Gasteiger partial charge in [-0.3, -0.25) is 4.72 Å². The molecule has 8 heteroatoms.